The second-order valence-electron chi connectivity index (χ2n) is 9.20. The van der Waals surface area contributed by atoms with Crippen LogP contribution in [0.4, 0.5) is 4.79 Å². The van der Waals surface area contributed by atoms with Gasteiger partial charge in [-0.2, -0.15) is 8.42 Å². The zero-order valence-corrected chi connectivity index (χ0v) is 20.9. The third kappa shape index (κ3) is 7.27. The molecule has 180 valence electrons. The predicted molar refractivity (Wildman–Crippen MR) is 126 cm³/mol. The first kappa shape index (κ1) is 25.2. The number of hydrogen-bond acceptors (Lipinski definition) is 6. The van der Waals surface area contributed by atoms with E-state index < -0.39 is 15.7 Å². The van der Waals surface area contributed by atoms with Crippen LogP contribution < -0.4 is 8.92 Å². The molecule has 0 aliphatic carbocycles. The zero-order chi connectivity index (χ0) is 24.2. The molecule has 1 heterocycles. The minimum Gasteiger partial charge on any atom is -0.493 e. The van der Waals surface area contributed by atoms with Crippen molar-refractivity contribution in [1.82, 2.24) is 4.90 Å². The lowest BCUT2D eigenvalue weighted by Gasteiger charge is -2.34. The highest BCUT2D eigenvalue weighted by molar-refractivity contribution is 7.87. The average molecular weight is 496 g/mol. The maximum absolute atomic E-state index is 12.7. The molecule has 1 atom stereocenters. The molecule has 0 spiro atoms. The van der Waals surface area contributed by atoms with Crippen molar-refractivity contribution in [1.29, 1.82) is 0 Å². The van der Waals surface area contributed by atoms with Crippen molar-refractivity contribution in [3.63, 3.8) is 0 Å². The van der Waals surface area contributed by atoms with Gasteiger partial charge in [0.25, 0.3) is 0 Å². The van der Waals surface area contributed by atoms with E-state index in [1.54, 1.807) is 23.1 Å². The molecule has 0 bridgehead atoms. The van der Waals surface area contributed by atoms with Gasteiger partial charge in [-0.25, -0.2) is 4.79 Å². The molecule has 0 radical (unpaired) electrons. The third-order valence-electron chi connectivity index (χ3n) is 4.99. The molecule has 2 aromatic rings. The minimum atomic E-state index is -4.09. The fraction of sp³-hybridized carbons (Fsp3) is 0.458. The Hall–Kier alpha value is -2.45. The molecule has 1 saturated heterocycles. The van der Waals surface area contributed by atoms with Crippen molar-refractivity contribution in [3.8, 4) is 11.5 Å². The Balaban J connectivity index is 1.64. The van der Waals surface area contributed by atoms with Crippen molar-refractivity contribution in [2.45, 2.75) is 51.0 Å². The van der Waals surface area contributed by atoms with E-state index in [-0.39, 0.29) is 27.7 Å². The van der Waals surface area contributed by atoms with Gasteiger partial charge in [0.2, 0.25) is 0 Å². The SMILES string of the molecule is Cc1cc(OCC2CCCN(C(=O)OC(C)(C)C)C2)cc(OS(=O)(=O)c2ccccc2Cl)c1. The van der Waals surface area contributed by atoms with Gasteiger partial charge in [-0.15, -0.1) is 0 Å². The maximum Gasteiger partial charge on any atom is 0.410 e. The fourth-order valence-electron chi connectivity index (χ4n) is 3.57. The van der Waals surface area contributed by atoms with Gasteiger partial charge in [0.15, 0.2) is 0 Å². The zero-order valence-electron chi connectivity index (χ0n) is 19.3. The Labute approximate surface area is 200 Å². The molecule has 0 saturated carbocycles. The number of amides is 1. The molecule has 0 N–H and O–H groups in total. The Morgan fingerprint density at radius 2 is 1.85 bits per heavy atom. The number of halogens is 1. The Morgan fingerprint density at radius 1 is 1.15 bits per heavy atom. The topological polar surface area (TPSA) is 82.1 Å². The van der Waals surface area contributed by atoms with Gasteiger partial charge in [0.1, 0.15) is 22.0 Å². The molecule has 3 rings (SSSR count). The number of carbonyl (C=O) groups excluding carboxylic acids is 1. The van der Waals surface area contributed by atoms with E-state index in [0.29, 0.717) is 25.4 Å². The number of nitrogens with zero attached hydrogens (tertiary/aromatic N) is 1. The van der Waals surface area contributed by atoms with Crippen LogP contribution in [-0.2, 0) is 14.9 Å². The van der Waals surface area contributed by atoms with Crippen molar-refractivity contribution >= 4 is 27.8 Å². The van der Waals surface area contributed by atoms with Crippen LogP contribution in [0.15, 0.2) is 47.4 Å². The van der Waals surface area contributed by atoms with E-state index in [0.717, 1.165) is 18.4 Å². The quantitative estimate of drug-likeness (QED) is 0.496. The number of aryl methyl sites for hydroxylation is 1. The van der Waals surface area contributed by atoms with Gasteiger partial charge in [-0.1, -0.05) is 23.7 Å². The summed E-state index contributed by atoms with van der Waals surface area (Å²) in [5.74, 6) is 0.778. The number of hydrogen-bond donors (Lipinski definition) is 0. The standard InChI is InChI=1S/C24H30ClNO6S/c1-17-12-19(14-20(13-17)32-33(28,29)22-10-6-5-9-21(22)25)30-16-18-8-7-11-26(15-18)23(27)31-24(2,3)4/h5-6,9-10,12-14,18H,7-8,11,15-16H2,1-4H3. The summed E-state index contributed by atoms with van der Waals surface area (Å²) in [5, 5.41) is 0.0912. The van der Waals surface area contributed by atoms with Crippen LogP contribution in [-0.4, -0.2) is 44.7 Å². The van der Waals surface area contributed by atoms with Crippen LogP contribution in [0.1, 0.15) is 39.2 Å². The number of benzene rings is 2. The molecule has 1 amide bonds. The van der Waals surface area contributed by atoms with E-state index in [1.807, 2.05) is 33.8 Å². The molecule has 1 aliphatic rings. The number of rotatable bonds is 6. The molecular formula is C24H30ClNO6S. The molecule has 7 nitrogen and oxygen atoms in total. The van der Waals surface area contributed by atoms with E-state index in [4.69, 9.17) is 25.3 Å². The van der Waals surface area contributed by atoms with E-state index in [1.165, 1.54) is 18.2 Å². The van der Waals surface area contributed by atoms with Crippen LogP contribution in [0.2, 0.25) is 5.02 Å². The van der Waals surface area contributed by atoms with Crippen molar-refractivity contribution in [3.05, 3.63) is 53.1 Å². The van der Waals surface area contributed by atoms with Crippen LogP contribution in [0.5, 0.6) is 11.5 Å². The Morgan fingerprint density at radius 3 is 2.55 bits per heavy atom. The lowest BCUT2D eigenvalue weighted by Crippen LogP contribution is -2.44. The summed E-state index contributed by atoms with van der Waals surface area (Å²) in [6.07, 6.45) is 1.48. The molecular weight excluding hydrogens is 466 g/mol. The normalized spacial score (nSPS) is 16.9. The van der Waals surface area contributed by atoms with Gasteiger partial charge < -0.3 is 18.6 Å². The van der Waals surface area contributed by atoms with Crippen LogP contribution in [0.25, 0.3) is 0 Å². The predicted octanol–water partition coefficient (Wildman–Crippen LogP) is 5.44. The van der Waals surface area contributed by atoms with Crippen LogP contribution >= 0.6 is 11.6 Å². The number of likely N-dealkylation sites (tertiary alicyclic amines) is 1. The number of carbonyl (C=O) groups is 1. The molecule has 33 heavy (non-hydrogen) atoms. The summed E-state index contributed by atoms with van der Waals surface area (Å²) in [4.78, 5) is 14.0. The summed E-state index contributed by atoms with van der Waals surface area (Å²) < 4.78 is 42.1. The minimum absolute atomic E-state index is 0.0912. The van der Waals surface area contributed by atoms with Gasteiger partial charge in [-0.05, 0) is 70.4 Å². The summed E-state index contributed by atoms with van der Waals surface area (Å²) in [5.41, 5.74) is 0.249. The van der Waals surface area contributed by atoms with Gasteiger partial charge in [0, 0.05) is 25.1 Å². The van der Waals surface area contributed by atoms with Gasteiger partial charge >= 0.3 is 16.2 Å². The van der Waals surface area contributed by atoms with Crippen molar-refractivity contribution < 1.29 is 26.9 Å². The second kappa shape index (κ2) is 10.2. The first-order chi connectivity index (χ1) is 15.4. The highest BCUT2D eigenvalue weighted by Gasteiger charge is 2.28. The fourth-order valence-corrected chi connectivity index (χ4v) is 4.98. The van der Waals surface area contributed by atoms with E-state index in [2.05, 4.69) is 0 Å². The smallest absolute Gasteiger partial charge is 0.410 e. The second-order valence-corrected chi connectivity index (χ2v) is 11.1. The first-order valence-electron chi connectivity index (χ1n) is 10.8. The largest absolute Gasteiger partial charge is 0.493 e. The lowest BCUT2D eigenvalue weighted by atomic mass is 9.99. The Kier molecular flexibility index (Phi) is 7.80. The summed E-state index contributed by atoms with van der Waals surface area (Å²) in [7, 11) is -4.09. The van der Waals surface area contributed by atoms with Crippen molar-refractivity contribution in [2.24, 2.45) is 5.92 Å². The molecule has 1 fully saturated rings. The Bertz CT molecular complexity index is 1100. The van der Waals surface area contributed by atoms with Gasteiger partial charge in [-0.3, -0.25) is 0 Å². The maximum atomic E-state index is 12.7. The molecule has 0 aromatic heterocycles. The molecule has 1 unspecified atom stereocenters. The van der Waals surface area contributed by atoms with Crippen LogP contribution in [0.3, 0.4) is 0 Å². The third-order valence-corrected chi connectivity index (χ3v) is 6.74. The molecule has 2 aromatic carbocycles. The van der Waals surface area contributed by atoms with Gasteiger partial charge in [0.05, 0.1) is 11.6 Å². The molecule has 1 aliphatic heterocycles. The summed E-state index contributed by atoms with van der Waals surface area (Å²) in [6, 6.07) is 11.1. The summed E-state index contributed by atoms with van der Waals surface area (Å²) >= 11 is 6.02. The lowest BCUT2D eigenvalue weighted by molar-refractivity contribution is 0.0139. The van der Waals surface area contributed by atoms with E-state index in [9.17, 15) is 13.2 Å². The van der Waals surface area contributed by atoms with Crippen LogP contribution in [0, 0.1) is 12.8 Å². The monoisotopic (exact) mass is 495 g/mol. The van der Waals surface area contributed by atoms with E-state index >= 15 is 0 Å². The van der Waals surface area contributed by atoms with Crippen molar-refractivity contribution in [2.75, 3.05) is 19.7 Å². The highest BCUT2D eigenvalue weighted by Crippen LogP contribution is 2.29. The molecule has 9 heteroatoms. The number of ether oxygens (including phenoxy) is 2. The summed E-state index contributed by atoms with van der Waals surface area (Å²) in [6.45, 7) is 8.96. The first-order valence-corrected chi connectivity index (χ1v) is 12.6. The number of piperidine rings is 1. The average Bonchev–Trinajstić information content (AvgIpc) is 2.71. The highest BCUT2D eigenvalue weighted by atomic mass is 35.5.